The standard InChI is InChI=1S/C19H27NO2/c1-18(2,13-16-7-4-3-5-8-16)17(21)20-11-10-19(14-20)9-6-12-22-15-19/h3-5,7-8H,6,9-15H2,1-2H3. The van der Waals surface area contributed by atoms with Crippen LogP contribution in [0.3, 0.4) is 0 Å². The fourth-order valence-electron chi connectivity index (χ4n) is 3.95. The maximum Gasteiger partial charge on any atom is 0.228 e. The molecule has 1 atom stereocenters. The first-order valence-electron chi connectivity index (χ1n) is 8.42. The monoisotopic (exact) mass is 301 g/mol. The van der Waals surface area contributed by atoms with Gasteiger partial charge in [0.15, 0.2) is 0 Å². The summed E-state index contributed by atoms with van der Waals surface area (Å²) in [5.74, 6) is 0.291. The molecule has 120 valence electrons. The second-order valence-electron chi connectivity index (χ2n) is 7.68. The highest BCUT2D eigenvalue weighted by molar-refractivity contribution is 5.82. The predicted molar refractivity (Wildman–Crippen MR) is 87.6 cm³/mol. The van der Waals surface area contributed by atoms with Gasteiger partial charge in [-0.2, -0.15) is 0 Å². The molecular formula is C19H27NO2. The number of carbonyl (C=O) groups is 1. The molecule has 1 amide bonds. The molecule has 2 aliphatic rings. The third-order valence-electron chi connectivity index (χ3n) is 5.20. The van der Waals surface area contributed by atoms with Gasteiger partial charge in [-0.05, 0) is 31.2 Å². The lowest BCUT2D eigenvalue weighted by Gasteiger charge is -2.34. The van der Waals surface area contributed by atoms with Crippen molar-refractivity contribution < 1.29 is 9.53 Å². The van der Waals surface area contributed by atoms with Crippen LogP contribution in [0.4, 0.5) is 0 Å². The number of amides is 1. The number of nitrogens with zero attached hydrogens (tertiary/aromatic N) is 1. The molecule has 1 unspecified atom stereocenters. The molecule has 0 radical (unpaired) electrons. The first-order valence-corrected chi connectivity index (χ1v) is 8.42. The fraction of sp³-hybridized carbons (Fsp3) is 0.632. The van der Waals surface area contributed by atoms with Crippen molar-refractivity contribution in [3.05, 3.63) is 35.9 Å². The topological polar surface area (TPSA) is 29.5 Å². The maximum absolute atomic E-state index is 13.0. The smallest absolute Gasteiger partial charge is 0.228 e. The molecule has 1 aromatic rings. The molecule has 2 fully saturated rings. The van der Waals surface area contributed by atoms with Crippen molar-refractivity contribution in [3.63, 3.8) is 0 Å². The molecule has 1 spiro atoms. The Balaban J connectivity index is 1.65. The van der Waals surface area contributed by atoms with Crippen molar-refractivity contribution in [1.82, 2.24) is 4.90 Å². The second-order valence-corrected chi connectivity index (χ2v) is 7.68. The Morgan fingerprint density at radius 1 is 1.27 bits per heavy atom. The van der Waals surface area contributed by atoms with Gasteiger partial charge in [-0.3, -0.25) is 4.79 Å². The van der Waals surface area contributed by atoms with Gasteiger partial charge in [-0.1, -0.05) is 44.2 Å². The minimum Gasteiger partial charge on any atom is -0.381 e. The molecule has 2 aliphatic heterocycles. The van der Waals surface area contributed by atoms with Crippen LogP contribution in [0.15, 0.2) is 30.3 Å². The number of carbonyl (C=O) groups excluding carboxylic acids is 1. The predicted octanol–water partition coefficient (Wildman–Crippen LogP) is 3.28. The highest BCUT2D eigenvalue weighted by Crippen LogP contribution is 2.39. The molecule has 2 saturated heterocycles. The van der Waals surface area contributed by atoms with E-state index in [4.69, 9.17) is 4.74 Å². The van der Waals surface area contributed by atoms with E-state index in [1.165, 1.54) is 12.0 Å². The van der Waals surface area contributed by atoms with Crippen LogP contribution in [0.5, 0.6) is 0 Å². The minimum absolute atomic E-state index is 0.233. The summed E-state index contributed by atoms with van der Waals surface area (Å²) in [6.07, 6.45) is 4.23. The van der Waals surface area contributed by atoms with E-state index >= 15 is 0 Å². The molecule has 2 heterocycles. The van der Waals surface area contributed by atoms with Gasteiger partial charge in [-0.15, -0.1) is 0 Å². The highest BCUT2D eigenvalue weighted by Gasteiger charge is 2.44. The Morgan fingerprint density at radius 3 is 2.73 bits per heavy atom. The maximum atomic E-state index is 13.0. The summed E-state index contributed by atoms with van der Waals surface area (Å²) in [4.78, 5) is 15.1. The van der Waals surface area contributed by atoms with E-state index in [0.29, 0.717) is 5.91 Å². The van der Waals surface area contributed by atoms with Gasteiger partial charge >= 0.3 is 0 Å². The number of rotatable bonds is 3. The lowest BCUT2D eigenvalue weighted by Crippen LogP contribution is -2.43. The molecule has 3 nitrogen and oxygen atoms in total. The van der Waals surface area contributed by atoms with Crippen molar-refractivity contribution in [2.45, 2.75) is 39.5 Å². The van der Waals surface area contributed by atoms with Gasteiger partial charge in [0, 0.05) is 30.5 Å². The Morgan fingerprint density at radius 2 is 2.05 bits per heavy atom. The zero-order valence-electron chi connectivity index (χ0n) is 13.8. The average Bonchev–Trinajstić information content (AvgIpc) is 2.91. The van der Waals surface area contributed by atoms with E-state index in [9.17, 15) is 4.79 Å². The lowest BCUT2D eigenvalue weighted by molar-refractivity contribution is -0.140. The Hall–Kier alpha value is -1.35. The van der Waals surface area contributed by atoms with Crippen LogP contribution in [0.2, 0.25) is 0 Å². The van der Waals surface area contributed by atoms with Gasteiger partial charge in [0.25, 0.3) is 0 Å². The largest absolute Gasteiger partial charge is 0.381 e. The van der Waals surface area contributed by atoms with Crippen LogP contribution >= 0.6 is 0 Å². The van der Waals surface area contributed by atoms with Crippen molar-refractivity contribution in [1.29, 1.82) is 0 Å². The molecule has 1 aromatic carbocycles. The molecule has 0 bridgehead atoms. The molecule has 0 saturated carbocycles. The van der Waals surface area contributed by atoms with Gasteiger partial charge in [0.1, 0.15) is 0 Å². The summed E-state index contributed by atoms with van der Waals surface area (Å²) in [5.41, 5.74) is 1.12. The number of benzene rings is 1. The fourth-order valence-corrected chi connectivity index (χ4v) is 3.95. The summed E-state index contributed by atoms with van der Waals surface area (Å²) >= 11 is 0. The van der Waals surface area contributed by atoms with Crippen LogP contribution in [-0.2, 0) is 16.0 Å². The van der Waals surface area contributed by atoms with Crippen LogP contribution in [0, 0.1) is 10.8 Å². The Bertz CT molecular complexity index is 517. The third-order valence-corrected chi connectivity index (χ3v) is 5.20. The van der Waals surface area contributed by atoms with Crippen LogP contribution < -0.4 is 0 Å². The van der Waals surface area contributed by atoms with Gasteiger partial charge in [0.2, 0.25) is 5.91 Å². The van der Waals surface area contributed by atoms with E-state index < -0.39 is 0 Å². The van der Waals surface area contributed by atoms with Gasteiger partial charge in [0.05, 0.1) is 6.61 Å². The van der Waals surface area contributed by atoms with Crippen LogP contribution in [0.25, 0.3) is 0 Å². The van der Waals surface area contributed by atoms with Crippen molar-refractivity contribution in [2.75, 3.05) is 26.3 Å². The molecule has 22 heavy (non-hydrogen) atoms. The molecule has 3 heteroatoms. The first-order chi connectivity index (χ1) is 10.5. The normalized spacial score (nSPS) is 25.6. The third kappa shape index (κ3) is 3.19. The Labute approximate surface area is 133 Å². The molecule has 3 rings (SSSR count). The zero-order valence-corrected chi connectivity index (χ0v) is 13.8. The van der Waals surface area contributed by atoms with E-state index in [0.717, 1.165) is 45.6 Å². The molecular weight excluding hydrogens is 274 g/mol. The van der Waals surface area contributed by atoms with Gasteiger partial charge in [-0.25, -0.2) is 0 Å². The summed E-state index contributed by atoms with van der Waals surface area (Å²) in [6, 6.07) is 10.3. The molecule has 0 N–H and O–H groups in total. The number of hydrogen-bond acceptors (Lipinski definition) is 2. The van der Waals surface area contributed by atoms with E-state index in [1.807, 2.05) is 18.2 Å². The SMILES string of the molecule is CC(C)(Cc1ccccc1)C(=O)N1CCC2(CCCOC2)C1. The second kappa shape index (κ2) is 6.04. The summed E-state index contributed by atoms with van der Waals surface area (Å²) in [7, 11) is 0. The van der Waals surface area contributed by atoms with E-state index in [2.05, 4.69) is 30.9 Å². The van der Waals surface area contributed by atoms with Crippen LogP contribution in [-0.4, -0.2) is 37.1 Å². The quantitative estimate of drug-likeness (QED) is 0.857. The minimum atomic E-state index is -0.345. The van der Waals surface area contributed by atoms with Crippen molar-refractivity contribution >= 4 is 5.91 Å². The van der Waals surface area contributed by atoms with E-state index in [1.54, 1.807) is 0 Å². The number of ether oxygens (including phenoxy) is 1. The summed E-state index contributed by atoms with van der Waals surface area (Å²) in [6.45, 7) is 7.63. The summed E-state index contributed by atoms with van der Waals surface area (Å²) in [5, 5.41) is 0. The van der Waals surface area contributed by atoms with Gasteiger partial charge < -0.3 is 9.64 Å². The van der Waals surface area contributed by atoms with Crippen molar-refractivity contribution in [2.24, 2.45) is 10.8 Å². The average molecular weight is 301 g/mol. The van der Waals surface area contributed by atoms with Crippen molar-refractivity contribution in [3.8, 4) is 0 Å². The number of hydrogen-bond donors (Lipinski definition) is 0. The van der Waals surface area contributed by atoms with E-state index in [-0.39, 0.29) is 10.8 Å². The molecule has 0 aromatic heterocycles. The van der Waals surface area contributed by atoms with Crippen LogP contribution in [0.1, 0.15) is 38.7 Å². The zero-order chi connectivity index (χ0) is 15.6. The molecule has 0 aliphatic carbocycles. The summed E-state index contributed by atoms with van der Waals surface area (Å²) < 4.78 is 5.68. The Kier molecular flexibility index (Phi) is 4.26. The number of likely N-dealkylation sites (tertiary alicyclic amines) is 1. The highest BCUT2D eigenvalue weighted by atomic mass is 16.5. The first kappa shape index (κ1) is 15.5. The lowest BCUT2D eigenvalue weighted by atomic mass is 9.81.